The zero-order chi connectivity index (χ0) is 19.8. The average Bonchev–Trinajstić information content (AvgIpc) is 2.69. The Kier molecular flexibility index (Phi) is 4.65. The number of nitrogens with zero attached hydrogens (tertiary/aromatic N) is 2. The first kappa shape index (κ1) is 18.3. The van der Waals surface area contributed by atoms with Gasteiger partial charge in [-0.2, -0.15) is 0 Å². The Morgan fingerprint density at radius 3 is 2.36 bits per heavy atom. The lowest BCUT2D eigenvalue weighted by Gasteiger charge is -2.34. The van der Waals surface area contributed by atoms with Gasteiger partial charge >= 0.3 is 0 Å². The van der Waals surface area contributed by atoms with E-state index in [0.29, 0.717) is 41.2 Å². The summed E-state index contributed by atoms with van der Waals surface area (Å²) in [5.41, 5.74) is 3.38. The molecular formula is C22H21F2N3O. The molecule has 0 aromatic heterocycles. The fraction of sp³-hybridized carbons (Fsp3) is 0.182. The van der Waals surface area contributed by atoms with E-state index in [-0.39, 0.29) is 17.4 Å². The van der Waals surface area contributed by atoms with Crippen molar-refractivity contribution in [2.45, 2.75) is 0 Å². The van der Waals surface area contributed by atoms with Crippen molar-refractivity contribution in [1.82, 2.24) is 5.32 Å². The highest BCUT2D eigenvalue weighted by atomic mass is 19.1. The predicted octanol–water partition coefficient (Wildman–Crippen LogP) is 4.49. The number of piperazine rings is 1. The van der Waals surface area contributed by atoms with Gasteiger partial charge in [0.25, 0.3) is 0 Å². The Morgan fingerprint density at radius 1 is 1.04 bits per heavy atom. The Bertz CT molecular complexity index is 976. The minimum absolute atomic E-state index is 0.158. The van der Waals surface area contributed by atoms with Crippen LogP contribution in [0.15, 0.2) is 67.1 Å². The summed E-state index contributed by atoms with van der Waals surface area (Å²) in [6, 6.07) is 9.23. The molecule has 0 unspecified atom stereocenters. The third-order valence-corrected chi connectivity index (χ3v) is 5.11. The molecule has 0 amide bonds. The van der Waals surface area contributed by atoms with Crippen molar-refractivity contribution in [3.05, 3.63) is 84.3 Å². The number of hydrogen-bond acceptors (Lipinski definition) is 4. The van der Waals surface area contributed by atoms with Gasteiger partial charge in [-0.1, -0.05) is 13.2 Å². The molecule has 0 aliphatic carbocycles. The molecule has 4 nitrogen and oxygen atoms in total. The van der Waals surface area contributed by atoms with E-state index < -0.39 is 0 Å². The number of aliphatic hydroxyl groups excluding tert-OH is 1. The Morgan fingerprint density at radius 2 is 1.71 bits per heavy atom. The quantitative estimate of drug-likeness (QED) is 0.768. The van der Waals surface area contributed by atoms with Gasteiger partial charge in [-0.15, -0.1) is 0 Å². The first-order valence-electron chi connectivity index (χ1n) is 9.09. The molecule has 1 saturated heterocycles. The Hall–Kier alpha value is -3.12. The van der Waals surface area contributed by atoms with Crippen LogP contribution in [0.25, 0.3) is 5.57 Å². The average molecular weight is 381 g/mol. The van der Waals surface area contributed by atoms with E-state index in [1.807, 2.05) is 4.90 Å². The Labute approximate surface area is 162 Å². The number of benzene rings is 2. The molecule has 144 valence electrons. The molecule has 2 aromatic carbocycles. The minimum Gasteiger partial charge on any atom is -0.508 e. The molecule has 0 saturated carbocycles. The van der Waals surface area contributed by atoms with Gasteiger partial charge in [0.15, 0.2) is 0 Å². The number of hydrogen-bond donors (Lipinski definition) is 2. The van der Waals surface area contributed by atoms with Gasteiger partial charge in [0.2, 0.25) is 0 Å². The van der Waals surface area contributed by atoms with E-state index in [1.165, 1.54) is 18.2 Å². The first-order chi connectivity index (χ1) is 13.5. The van der Waals surface area contributed by atoms with Gasteiger partial charge in [-0.05, 0) is 42.0 Å². The minimum atomic E-state index is -0.346. The number of halogens is 2. The first-order valence-corrected chi connectivity index (χ1v) is 9.09. The molecule has 2 aliphatic heterocycles. The maximum atomic E-state index is 15.0. The second-order valence-electron chi connectivity index (χ2n) is 6.87. The smallest absolute Gasteiger partial charge is 0.147 e. The summed E-state index contributed by atoms with van der Waals surface area (Å²) >= 11 is 0. The number of nitrogens with one attached hydrogen (secondary N) is 1. The summed E-state index contributed by atoms with van der Waals surface area (Å²) in [4.78, 5) is 3.80. The van der Waals surface area contributed by atoms with Crippen molar-refractivity contribution >= 4 is 22.6 Å². The van der Waals surface area contributed by atoms with Crippen LogP contribution in [0, 0.1) is 11.6 Å². The van der Waals surface area contributed by atoms with Crippen LogP contribution >= 0.6 is 0 Å². The van der Waals surface area contributed by atoms with E-state index >= 15 is 0 Å². The van der Waals surface area contributed by atoms with Crippen LogP contribution < -0.4 is 15.1 Å². The summed E-state index contributed by atoms with van der Waals surface area (Å²) < 4.78 is 28.4. The Balaban J connectivity index is 1.87. The number of allylic oxidation sites excluding steroid dienone is 1. The second kappa shape index (κ2) is 7.13. The van der Waals surface area contributed by atoms with Gasteiger partial charge in [0.05, 0.1) is 11.4 Å². The largest absolute Gasteiger partial charge is 0.508 e. The van der Waals surface area contributed by atoms with Crippen molar-refractivity contribution in [2.24, 2.45) is 0 Å². The van der Waals surface area contributed by atoms with Gasteiger partial charge in [0.1, 0.15) is 17.4 Å². The molecule has 28 heavy (non-hydrogen) atoms. The number of fused-ring (bicyclic) bond motifs is 1. The standard InChI is InChI=1S/C22H21F2N3O/c1-14-18-11-20(24)22(26-9-7-25-8-10-26)12-21(18)27(13-19(14)15(2)28)17-5-3-16(23)4-6-17/h3-6,11-13,25,28H,1-2,7-10H2. The monoisotopic (exact) mass is 381 g/mol. The predicted molar refractivity (Wildman–Crippen MR) is 109 cm³/mol. The number of aliphatic hydroxyl groups is 1. The fourth-order valence-electron chi connectivity index (χ4n) is 3.63. The van der Waals surface area contributed by atoms with Crippen LogP contribution in [-0.4, -0.2) is 31.3 Å². The van der Waals surface area contributed by atoms with Crippen molar-refractivity contribution in [2.75, 3.05) is 36.0 Å². The van der Waals surface area contributed by atoms with Crippen LogP contribution in [0.1, 0.15) is 5.56 Å². The molecule has 0 radical (unpaired) electrons. The highest BCUT2D eigenvalue weighted by Gasteiger charge is 2.27. The van der Waals surface area contributed by atoms with Crippen LogP contribution in [0.4, 0.5) is 25.8 Å². The molecule has 4 rings (SSSR count). The van der Waals surface area contributed by atoms with E-state index in [0.717, 1.165) is 18.8 Å². The lowest BCUT2D eigenvalue weighted by Crippen LogP contribution is -2.44. The molecule has 2 aromatic rings. The molecule has 6 heteroatoms. The summed E-state index contributed by atoms with van der Waals surface area (Å²) in [6.07, 6.45) is 1.69. The molecular weight excluding hydrogens is 360 g/mol. The molecule has 1 fully saturated rings. The van der Waals surface area contributed by atoms with Gasteiger partial charge in [-0.3, -0.25) is 0 Å². The fourth-order valence-corrected chi connectivity index (χ4v) is 3.63. The normalized spacial score (nSPS) is 16.6. The third-order valence-electron chi connectivity index (χ3n) is 5.11. The molecule has 0 atom stereocenters. The van der Waals surface area contributed by atoms with E-state index in [4.69, 9.17) is 0 Å². The molecule has 2 N–H and O–H groups in total. The topological polar surface area (TPSA) is 38.7 Å². The van der Waals surface area contributed by atoms with Gasteiger partial charge < -0.3 is 20.2 Å². The molecule has 0 spiro atoms. The SMILES string of the molecule is C=C(O)C1=CN(c2ccc(F)cc2)c2cc(N3CCNCC3)c(F)cc2C1=C. The van der Waals surface area contributed by atoms with E-state index in [9.17, 15) is 13.9 Å². The molecule has 2 aliphatic rings. The maximum absolute atomic E-state index is 15.0. The zero-order valence-corrected chi connectivity index (χ0v) is 15.4. The third kappa shape index (κ3) is 3.16. The highest BCUT2D eigenvalue weighted by molar-refractivity contribution is 5.95. The lowest BCUT2D eigenvalue weighted by molar-refractivity contribution is 0.429. The number of anilines is 3. The van der Waals surface area contributed by atoms with Crippen LogP contribution in [0.2, 0.25) is 0 Å². The zero-order valence-electron chi connectivity index (χ0n) is 15.4. The van der Waals surface area contributed by atoms with Gasteiger partial charge in [0, 0.05) is 49.2 Å². The van der Waals surface area contributed by atoms with Crippen molar-refractivity contribution in [3.8, 4) is 0 Å². The van der Waals surface area contributed by atoms with Crippen molar-refractivity contribution in [1.29, 1.82) is 0 Å². The van der Waals surface area contributed by atoms with Crippen molar-refractivity contribution < 1.29 is 13.9 Å². The molecule has 2 heterocycles. The molecule has 0 bridgehead atoms. The van der Waals surface area contributed by atoms with Crippen LogP contribution in [-0.2, 0) is 0 Å². The summed E-state index contributed by atoms with van der Waals surface area (Å²) in [7, 11) is 0. The van der Waals surface area contributed by atoms with Gasteiger partial charge in [-0.25, -0.2) is 8.78 Å². The van der Waals surface area contributed by atoms with Crippen molar-refractivity contribution in [3.63, 3.8) is 0 Å². The maximum Gasteiger partial charge on any atom is 0.147 e. The van der Waals surface area contributed by atoms with Crippen LogP contribution in [0.5, 0.6) is 0 Å². The summed E-state index contributed by atoms with van der Waals surface area (Å²) in [5, 5.41) is 13.3. The summed E-state index contributed by atoms with van der Waals surface area (Å²) in [6.45, 7) is 10.6. The van der Waals surface area contributed by atoms with E-state index in [2.05, 4.69) is 18.5 Å². The highest BCUT2D eigenvalue weighted by Crippen LogP contribution is 2.44. The van der Waals surface area contributed by atoms with E-state index in [1.54, 1.807) is 29.3 Å². The van der Waals surface area contributed by atoms with Crippen LogP contribution in [0.3, 0.4) is 0 Å². The second-order valence-corrected chi connectivity index (χ2v) is 6.87. The number of rotatable bonds is 3. The summed E-state index contributed by atoms with van der Waals surface area (Å²) in [5.74, 6) is -0.846. The lowest BCUT2D eigenvalue weighted by atomic mass is 9.92.